The lowest BCUT2D eigenvalue weighted by atomic mass is 10.0. The number of carbonyl (C=O) groups is 1. The van der Waals surface area contributed by atoms with Crippen molar-refractivity contribution >= 4 is 32.7 Å². The van der Waals surface area contributed by atoms with Crippen molar-refractivity contribution < 1.29 is 17.6 Å². The predicted molar refractivity (Wildman–Crippen MR) is 142 cm³/mol. The number of carbonyl (C=O) groups excluding carboxylic acids is 1. The van der Waals surface area contributed by atoms with Crippen LogP contribution in [0.2, 0.25) is 0 Å². The largest absolute Gasteiger partial charge is 0.336 e. The van der Waals surface area contributed by atoms with E-state index in [4.69, 9.17) is 9.97 Å². The molecule has 190 valence electrons. The number of halogens is 1. The summed E-state index contributed by atoms with van der Waals surface area (Å²) in [5.74, 6) is -0.429. The maximum absolute atomic E-state index is 13.7. The maximum atomic E-state index is 13.7. The van der Waals surface area contributed by atoms with E-state index in [-0.39, 0.29) is 11.7 Å². The molecule has 2 heterocycles. The molecule has 3 aromatic carbocycles. The lowest BCUT2D eigenvalue weighted by Crippen LogP contribution is -2.47. The van der Waals surface area contributed by atoms with E-state index in [0.717, 1.165) is 19.3 Å². The smallest absolute Gasteiger partial charge is 0.254 e. The molecule has 0 radical (unpaired) electrons. The van der Waals surface area contributed by atoms with Crippen molar-refractivity contribution in [2.75, 3.05) is 44.2 Å². The minimum Gasteiger partial charge on any atom is -0.336 e. The standard InChI is InChI=1S/C27H26FN5O3S/c1-32-12-14-33(15-13-32)27(34)20-8-11-23-24(17-20)30-25(18-6-9-21(28)10-7-18)26(29-23)19-4-3-5-22(16-19)31-37(2,35)36/h3-11,16-17,31H,12-15H2,1-2H3. The Morgan fingerprint density at radius 2 is 1.54 bits per heavy atom. The summed E-state index contributed by atoms with van der Waals surface area (Å²) in [6.45, 7) is 2.97. The number of fused-ring (bicyclic) bond motifs is 1. The molecule has 0 saturated carbocycles. The average Bonchev–Trinajstić information content (AvgIpc) is 2.87. The summed E-state index contributed by atoms with van der Waals surface area (Å²) in [6.07, 6.45) is 1.08. The monoisotopic (exact) mass is 519 g/mol. The van der Waals surface area contributed by atoms with Gasteiger partial charge in [-0.15, -0.1) is 0 Å². The molecule has 0 spiro atoms. The first-order chi connectivity index (χ1) is 17.7. The Bertz CT molecular complexity index is 1580. The summed E-state index contributed by atoms with van der Waals surface area (Å²) in [7, 11) is -1.43. The number of nitrogens with zero attached hydrogens (tertiary/aromatic N) is 4. The molecule has 5 rings (SSSR count). The van der Waals surface area contributed by atoms with E-state index in [2.05, 4.69) is 9.62 Å². The van der Waals surface area contributed by atoms with E-state index in [9.17, 15) is 17.6 Å². The minimum absolute atomic E-state index is 0.0521. The van der Waals surface area contributed by atoms with Crippen LogP contribution in [0, 0.1) is 5.82 Å². The predicted octanol–water partition coefficient (Wildman–Crippen LogP) is 3.86. The molecule has 10 heteroatoms. The SMILES string of the molecule is CN1CCN(C(=O)c2ccc3nc(-c4cccc(NS(C)(=O)=O)c4)c(-c4ccc(F)cc4)nc3c2)CC1. The molecule has 1 N–H and O–H groups in total. The zero-order valence-electron chi connectivity index (χ0n) is 20.5. The highest BCUT2D eigenvalue weighted by molar-refractivity contribution is 7.92. The molecule has 1 amide bonds. The summed E-state index contributed by atoms with van der Waals surface area (Å²) in [4.78, 5) is 26.9. The van der Waals surface area contributed by atoms with Gasteiger partial charge < -0.3 is 9.80 Å². The quantitative estimate of drug-likeness (QED) is 0.430. The number of amides is 1. The second-order valence-electron chi connectivity index (χ2n) is 9.18. The number of piperazine rings is 1. The fourth-order valence-corrected chi connectivity index (χ4v) is 4.89. The third kappa shape index (κ3) is 5.60. The molecular weight excluding hydrogens is 493 g/mol. The van der Waals surface area contributed by atoms with Gasteiger partial charge in [-0.25, -0.2) is 22.8 Å². The Morgan fingerprint density at radius 3 is 2.24 bits per heavy atom. The van der Waals surface area contributed by atoms with Gasteiger partial charge in [-0.2, -0.15) is 0 Å². The van der Waals surface area contributed by atoms with Crippen LogP contribution in [-0.2, 0) is 10.0 Å². The fourth-order valence-electron chi connectivity index (χ4n) is 4.33. The van der Waals surface area contributed by atoms with Crippen molar-refractivity contribution in [1.29, 1.82) is 0 Å². The Labute approximate surface area is 214 Å². The second kappa shape index (κ2) is 9.87. The molecular formula is C27H26FN5O3S. The topological polar surface area (TPSA) is 95.5 Å². The van der Waals surface area contributed by atoms with Crippen molar-refractivity contribution in [2.24, 2.45) is 0 Å². The van der Waals surface area contributed by atoms with Crippen LogP contribution in [0.3, 0.4) is 0 Å². The molecule has 0 unspecified atom stereocenters. The summed E-state index contributed by atoms with van der Waals surface area (Å²) in [5, 5.41) is 0. The molecule has 8 nitrogen and oxygen atoms in total. The van der Waals surface area contributed by atoms with Crippen molar-refractivity contribution in [2.45, 2.75) is 0 Å². The van der Waals surface area contributed by atoms with Crippen molar-refractivity contribution in [3.05, 3.63) is 78.1 Å². The van der Waals surface area contributed by atoms with Crippen LogP contribution in [0.25, 0.3) is 33.5 Å². The van der Waals surface area contributed by atoms with Crippen LogP contribution in [0.4, 0.5) is 10.1 Å². The van der Waals surface area contributed by atoms with Crippen LogP contribution in [0.15, 0.2) is 66.7 Å². The number of hydrogen-bond acceptors (Lipinski definition) is 6. The molecule has 0 aliphatic carbocycles. The molecule has 37 heavy (non-hydrogen) atoms. The molecule has 1 aliphatic rings. The summed E-state index contributed by atoms with van der Waals surface area (Å²) < 4.78 is 39.7. The molecule has 0 bridgehead atoms. The Morgan fingerprint density at radius 1 is 0.865 bits per heavy atom. The molecule has 1 aliphatic heterocycles. The zero-order valence-corrected chi connectivity index (χ0v) is 21.3. The van der Waals surface area contributed by atoms with Gasteiger partial charge >= 0.3 is 0 Å². The van der Waals surface area contributed by atoms with Crippen LogP contribution in [-0.4, -0.2) is 73.6 Å². The van der Waals surface area contributed by atoms with Crippen molar-refractivity contribution in [3.63, 3.8) is 0 Å². The summed E-state index contributed by atoms with van der Waals surface area (Å²) in [5.41, 5.74) is 4.32. The molecule has 1 saturated heterocycles. The van der Waals surface area contributed by atoms with E-state index in [1.807, 2.05) is 18.0 Å². The van der Waals surface area contributed by atoms with Gasteiger partial charge in [0.25, 0.3) is 5.91 Å². The highest BCUT2D eigenvalue weighted by Crippen LogP contribution is 2.33. The summed E-state index contributed by atoms with van der Waals surface area (Å²) >= 11 is 0. The number of sulfonamides is 1. The minimum atomic E-state index is -3.47. The fraction of sp³-hybridized carbons (Fsp3) is 0.222. The van der Waals surface area contributed by atoms with E-state index < -0.39 is 10.0 Å². The van der Waals surface area contributed by atoms with Gasteiger partial charge in [0.05, 0.1) is 28.7 Å². The third-order valence-corrected chi connectivity index (χ3v) is 6.87. The van der Waals surface area contributed by atoms with Gasteiger partial charge in [-0.05, 0) is 61.6 Å². The number of anilines is 1. The van der Waals surface area contributed by atoms with E-state index in [1.165, 1.54) is 12.1 Å². The highest BCUT2D eigenvalue weighted by Gasteiger charge is 2.21. The van der Waals surface area contributed by atoms with Crippen LogP contribution >= 0.6 is 0 Å². The van der Waals surface area contributed by atoms with Crippen LogP contribution < -0.4 is 4.72 Å². The van der Waals surface area contributed by atoms with Gasteiger partial charge in [0.2, 0.25) is 10.0 Å². The van der Waals surface area contributed by atoms with E-state index >= 15 is 0 Å². The maximum Gasteiger partial charge on any atom is 0.254 e. The normalized spacial score (nSPS) is 14.6. The molecule has 1 fully saturated rings. The van der Waals surface area contributed by atoms with Gasteiger partial charge in [0.1, 0.15) is 5.82 Å². The van der Waals surface area contributed by atoms with Crippen molar-refractivity contribution in [1.82, 2.24) is 19.8 Å². The molecule has 1 aromatic heterocycles. The Kier molecular flexibility index (Phi) is 6.61. The first-order valence-corrected chi connectivity index (χ1v) is 13.7. The number of likely N-dealkylation sites (N-methyl/N-ethyl adjacent to an activating group) is 1. The van der Waals surface area contributed by atoms with Crippen LogP contribution in [0.1, 0.15) is 10.4 Å². The average molecular weight is 520 g/mol. The number of aromatic nitrogens is 2. The van der Waals surface area contributed by atoms with Gasteiger partial charge in [0.15, 0.2) is 0 Å². The lowest BCUT2D eigenvalue weighted by Gasteiger charge is -2.32. The first-order valence-electron chi connectivity index (χ1n) is 11.8. The lowest BCUT2D eigenvalue weighted by molar-refractivity contribution is 0.0664. The van der Waals surface area contributed by atoms with Gasteiger partial charge in [-0.1, -0.05) is 12.1 Å². The molecule has 4 aromatic rings. The van der Waals surface area contributed by atoms with Gasteiger partial charge in [0, 0.05) is 48.6 Å². The van der Waals surface area contributed by atoms with Crippen molar-refractivity contribution in [3.8, 4) is 22.5 Å². The highest BCUT2D eigenvalue weighted by atomic mass is 32.2. The van der Waals surface area contributed by atoms with Gasteiger partial charge in [-0.3, -0.25) is 9.52 Å². The number of rotatable bonds is 5. The number of hydrogen-bond donors (Lipinski definition) is 1. The Hall–Kier alpha value is -3.89. The molecule has 0 atom stereocenters. The first kappa shape index (κ1) is 24.8. The Balaban J connectivity index is 1.61. The van der Waals surface area contributed by atoms with E-state index in [0.29, 0.717) is 57.9 Å². The second-order valence-corrected chi connectivity index (χ2v) is 10.9. The zero-order chi connectivity index (χ0) is 26.2. The van der Waals surface area contributed by atoms with Crippen LogP contribution in [0.5, 0.6) is 0 Å². The summed E-state index contributed by atoms with van der Waals surface area (Å²) in [6, 6.07) is 18.0. The van der Waals surface area contributed by atoms with E-state index in [1.54, 1.807) is 48.5 Å². The number of nitrogens with one attached hydrogen (secondary N) is 1. The number of benzene rings is 3. The third-order valence-electron chi connectivity index (χ3n) is 6.26.